The number of methoxy groups -OCH3 is 1. The lowest BCUT2D eigenvalue weighted by molar-refractivity contribution is 0.0585. The summed E-state index contributed by atoms with van der Waals surface area (Å²) in [6.45, 7) is 5.93. The van der Waals surface area contributed by atoms with Crippen molar-refractivity contribution in [3.05, 3.63) is 36.0 Å². The summed E-state index contributed by atoms with van der Waals surface area (Å²) in [7, 11) is 1.53. The van der Waals surface area contributed by atoms with E-state index in [1.165, 1.54) is 7.11 Å². The lowest BCUT2D eigenvalue weighted by Crippen LogP contribution is -2.39. The van der Waals surface area contributed by atoms with Crippen LogP contribution in [0.15, 0.2) is 30.3 Å². The van der Waals surface area contributed by atoms with E-state index in [1.807, 2.05) is 45.0 Å². The van der Waals surface area contributed by atoms with Gasteiger partial charge in [0.2, 0.25) is 5.88 Å². The number of aromatic nitrogens is 1. The number of ether oxygens (including phenoxy) is 1. The Kier molecular flexibility index (Phi) is 4.66. The molecule has 1 heterocycles. The molecule has 0 aliphatic rings. The largest absolute Gasteiger partial charge is 0.481 e. The zero-order valence-corrected chi connectivity index (χ0v) is 13.4. The number of hydrogen-bond donors (Lipinski definition) is 2. The topological polar surface area (TPSA) is 71.5 Å². The molecular weight excluding hydrogens is 280 g/mol. The van der Waals surface area contributed by atoms with Crippen molar-refractivity contribution in [3.63, 3.8) is 0 Å². The molecular formula is C17H22N2O3. The van der Waals surface area contributed by atoms with E-state index >= 15 is 0 Å². The highest BCUT2D eigenvalue weighted by Gasteiger charge is 2.23. The molecule has 0 aliphatic heterocycles. The Morgan fingerprint density at radius 3 is 2.68 bits per heavy atom. The van der Waals surface area contributed by atoms with Gasteiger partial charge >= 0.3 is 0 Å². The number of pyridine rings is 1. The minimum atomic E-state index is -0.626. The van der Waals surface area contributed by atoms with E-state index in [2.05, 4.69) is 10.3 Å². The van der Waals surface area contributed by atoms with Crippen molar-refractivity contribution in [3.8, 4) is 5.88 Å². The molecule has 118 valence electrons. The number of carbonyl (C=O) groups is 1. The number of aliphatic hydroxyl groups is 1. The maximum atomic E-state index is 12.2. The molecule has 1 aromatic heterocycles. The van der Waals surface area contributed by atoms with Gasteiger partial charge in [0, 0.05) is 11.9 Å². The van der Waals surface area contributed by atoms with Crippen LogP contribution in [0.2, 0.25) is 0 Å². The Hall–Kier alpha value is -2.14. The van der Waals surface area contributed by atoms with E-state index in [0.717, 1.165) is 10.8 Å². The quantitative estimate of drug-likeness (QED) is 0.909. The fourth-order valence-electron chi connectivity index (χ4n) is 2.02. The second-order valence-corrected chi connectivity index (χ2v) is 6.33. The Bertz CT molecular complexity index is 677. The first-order valence-corrected chi connectivity index (χ1v) is 7.23. The lowest BCUT2D eigenvalue weighted by atomic mass is 9.89. The fourth-order valence-corrected chi connectivity index (χ4v) is 2.02. The Morgan fingerprint density at radius 1 is 1.36 bits per heavy atom. The van der Waals surface area contributed by atoms with Gasteiger partial charge in [-0.3, -0.25) is 4.79 Å². The number of nitrogens with zero attached hydrogens (tertiary/aromatic N) is 1. The van der Waals surface area contributed by atoms with Crippen LogP contribution in [0.5, 0.6) is 5.88 Å². The summed E-state index contributed by atoms with van der Waals surface area (Å²) < 4.78 is 5.26. The van der Waals surface area contributed by atoms with E-state index in [4.69, 9.17) is 4.74 Å². The maximum absolute atomic E-state index is 12.2. The van der Waals surface area contributed by atoms with Gasteiger partial charge < -0.3 is 15.2 Å². The summed E-state index contributed by atoms with van der Waals surface area (Å²) in [5.41, 5.74) is -0.0152. The average molecular weight is 302 g/mol. The van der Waals surface area contributed by atoms with E-state index in [-0.39, 0.29) is 23.6 Å². The smallest absolute Gasteiger partial charge is 0.270 e. The van der Waals surface area contributed by atoms with Crippen LogP contribution in [-0.2, 0) is 0 Å². The van der Waals surface area contributed by atoms with Gasteiger partial charge in [-0.05, 0) is 22.9 Å². The highest BCUT2D eigenvalue weighted by molar-refractivity contribution is 5.98. The minimum Gasteiger partial charge on any atom is -0.481 e. The van der Waals surface area contributed by atoms with Crippen LogP contribution in [0, 0.1) is 5.41 Å². The number of rotatable bonds is 4. The maximum Gasteiger partial charge on any atom is 0.270 e. The van der Waals surface area contributed by atoms with E-state index in [0.29, 0.717) is 5.88 Å². The van der Waals surface area contributed by atoms with Crippen molar-refractivity contribution in [1.29, 1.82) is 0 Å². The highest BCUT2D eigenvalue weighted by Crippen LogP contribution is 2.24. The number of aliphatic hydroxyl groups excluding tert-OH is 1. The van der Waals surface area contributed by atoms with Crippen LogP contribution in [0.1, 0.15) is 31.3 Å². The number of hydrogen-bond acceptors (Lipinski definition) is 4. The van der Waals surface area contributed by atoms with Gasteiger partial charge in [0.25, 0.3) is 5.91 Å². The predicted molar refractivity (Wildman–Crippen MR) is 86.1 cm³/mol. The number of nitrogens with one attached hydrogen (secondary N) is 1. The zero-order valence-electron chi connectivity index (χ0n) is 13.4. The molecule has 1 amide bonds. The standard InChI is InChI=1S/C17H22N2O3/c1-17(2,3)14(20)10-18-15(21)13-9-11-7-5-6-8-12(11)16(19-13)22-4/h5-9,14,20H,10H2,1-4H3,(H,18,21). The van der Waals surface area contributed by atoms with Gasteiger partial charge in [0.1, 0.15) is 5.69 Å². The summed E-state index contributed by atoms with van der Waals surface area (Å²) in [5.74, 6) is 0.0898. The van der Waals surface area contributed by atoms with Gasteiger partial charge in [0.15, 0.2) is 0 Å². The summed E-state index contributed by atoms with van der Waals surface area (Å²) in [4.78, 5) is 16.5. The Morgan fingerprint density at radius 2 is 2.05 bits per heavy atom. The molecule has 22 heavy (non-hydrogen) atoms. The summed E-state index contributed by atoms with van der Waals surface area (Å²) in [5, 5.41) is 14.5. The average Bonchev–Trinajstić information content (AvgIpc) is 2.50. The third kappa shape index (κ3) is 3.54. The second-order valence-electron chi connectivity index (χ2n) is 6.33. The van der Waals surface area contributed by atoms with E-state index in [1.54, 1.807) is 6.07 Å². The normalized spacial score (nSPS) is 13.0. The molecule has 2 rings (SSSR count). The third-order valence-corrected chi connectivity index (χ3v) is 3.59. The van der Waals surface area contributed by atoms with Crippen LogP contribution in [0.4, 0.5) is 0 Å². The third-order valence-electron chi connectivity index (χ3n) is 3.59. The summed E-state index contributed by atoms with van der Waals surface area (Å²) in [6.07, 6.45) is -0.626. The number of fused-ring (bicyclic) bond motifs is 1. The van der Waals surface area contributed by atoms with Gasteiger partial charge in [-0.1, -0.05) is 39.0 Å². The van der Waals surface area contributed by atoms with Gasteiger partial charge in [-0.2, -0.15) is 0 Å². The monoisotopic (exact) mass is 302 g/mol. The molecule has 5 heteroatoms. The van der Waals surface area contributed by atoms with E-state index in [9.17, 15) is 9.90 Å². The summed E-state index contributed by atoms with van der Waals surface area (Å²) in [6, 6.07) is 9.31. The number of amides is 1. The summed E-state index contributed by atoms with van der Waals surface area (Å²) >= 11 is 0. The van der Waals surface area contributed by atoms with Crippen molar-refractivity contribution < 1.29 is 14.6 Å². The van der Waals surface area contributed by atoms with Crippen molar-refractivity contribution in [2.24, 2.45) is 5.41 Å². The Labute approximate surface area is 130 Å². The second kappa shape index (κ2) is 6.32. The molecule has 2 aromatic rings. The predicted octanol–water partition coefficient (Wildman–Crippen LogP) is 2.38. The molecule has 0 saturated heterocycles. The van der Waals surface area contributed by atoms with Crippen LogP contribution >= 0.6 is 0 Å². The fraction of sp³-hybridized carbons (Fsp3) is 0.412. The molecule has 0 saturated carbocycles. The van der Waals surface area contributed by atoms with Gasteiger partial charge in [0.05, 0.1) is 13.2 Å². The zero-order chi connectivity index (χ0) is 16.3. The molecule has 0 spiro atoms. The molecule has 0 bridgehead atoms. The molecule has 2 N–H and O–H groups in total. The SMILES string of the molecule is COc1nc(C(=O)NCC(O)C(C)(C)C)cc2ccccc12. The van der Waals surface area contributed by atoms with Crippen molar-refractivity contribution in [1.82, 2.24) is 10.3 Å². The molecule has 1 atom stereocenters. The van der Waals surface area contributed by atoms with E-state index < -0.39 is 6.10 Å². The van der Waals surface area contributed by atoms with Crippen molar-refractivity contribution in [2.45, 2.75) is 26.9 Å². The molecule has 0 aliphatic carbocycles. The molecule has 0 radical (unpaired) electrons. The molecule has 5 nitrogen and oxygen atoms in total. The Balaban J connectivity index is 2.21. The highest BCUT2D eigenvalue weighted by atomic mass is 16.5. The number of benzene rings is 1. The van der Waals surface area contributed by atoms with Crippen molar-refractivity contribution in [2.75, 3.05) is 13.7 Å². The molecule has 1 aromatic carbocycles. The first-order valence-electron chi connectivity index (χ1n) is 7.23. The number of carbonyl (C=O) groups excluding carboxylic acids is 1. The van der Waals surface area contributed by atoms with Crippen LogP contribution in [-0.4, -0.2) is 35.8 Å². The molecule has 0 fully saturated rings. The van der Waals surface area contributed by atoms with Crippen molar-refractivity contribution >= 4 is 16.7 Å². The van der Waals surface area contributed by atoms with Gasteiger partial charge in [-0.15, -0.1) is 0 Å². The lowest BCUT2D eigenvalue weighted by Gasteiger charge is -2.25. The molecule has 1 unspecified atom stereocenters. The van der Waals surface area contributed by atoms with Crippen LogP contribution in [0.25, 0.3) is 10.8 Å². The first-order chi connectivity index (χ1) is 10.3. The first kappa shape index (κ1) is 16.2. The van der Waals surface area contributed by atoms with Crippen LogP contribution < -0.4 is 10.1 Å². The minimum absolute atomic E-state index is 0.180. The van der Waals surface area contributed by atoms with Gasteiger partial charge in [-0.25, -0.2) is 4.98 Å². The van der Waals surface area contributed by atoms with Crippen LogP contribution in [0.3, 0.4) is 0 Å².